The third kappa shape index (κ3) is 49.7. The van der Waals surface area contributed by atoms with E-state index in [0.29, 0.717) is 0 Å². The van der Waals surface area contributed by atoms with Crippen LogP contribution in [0.1, 0.15) is 55.4 Å². The van der Waals surface area contributed by atoms with Crippen molar-refractivity contribution in [2.24, 2.45) is 0 Å². The first kappa shape index (κ1) is 34.2. The number of rotatable bonds is 6. The number of carbonyl (C=O) groups is 2. The SMILES string of the molecule is CC.CC.CC.CC(=O)NCCN(C)C.CNCCN(C)C(C)=O. The molecule has 0 heterocycles. The molecule has 6 heteroatoms. The van der Waals surface area contributed by atoms with Crippen LogP contribution in [0.4, 0.5) is 0 Å². The number of nitrogens with one attached hydrogen (secondary N) is 2. The van der Waals surface area contributed by atoms with Crippen LogP contribution in [0.15, 0.2) is 0 Å². The van der Waals surface area contributed by atoms with E-state index in [1.165, 1.54) is 6.92 Å². The lowest BCUT2D eigenvalue weighted by Gasteiger charge is -2.13. The zero-order chi connectivity index (χ0) is 20.6. The molecule has 2 amide bonds. The molecule has 0 unspecified atom stereocenters. The molecule has 0 aliphatic carbocycles. The Balaban J connectivity index is -0.0000000762. The summed E-state index contributed by atoms with van der Waals surface area (Å²) in [5.41, 5.74) is 0. The minimum absolute atomic E-state index is 0.0388. The van der Waals surface area contributed by atoms with Gasteiger partial charge in [-0.05, 0) is 21.1 Å². The Labute approximate surface area is 152 Å². The van der Waals surface area contributed by atoms with Gasteiger partial charge in [-0.2, -0.15) is 0 Å². The van der Waals surface area contributed by atoms with Crippen molar-refractivity contribution in [1.82, 2.24) is 20.4 Å². The van der Waals surface area contributed by atoms with E-state index in [0.717, 1.165) is 26.2 Å². The number of carbonyl (C=O) groups excluding carboxylic acids is 2. The van der Waals surface area contributed by atoms with Gasteiger partial charge in [-0.15, -0.1) is 0 Å². The minimum Gasteiger partial charge on any atom is -0.355 e. The van der Waals surface area contributed by atoms with E-state index in [1.807, 2.05) is 67.6 Å². The molecule has 0 aromatic heterocycles. The molecule has 0 radical (unpaired) electrons. The maximum Gasteiger partial charge on any atom is 0.219 e. The second kappa shape index (κ2) is 33.5. The molecule has 0 atom stereocenters. The Morgan fingerprint density at radius 2 is 1.21 bits per heavy atom. The largest absolute Gasteiger partial charge is 0.355 e. The van der Waals surface area contributed by atoms with Crippen LogP contribution < -0.4 is 10.6 Å². The quantitative estimate of drug-likeness (QED) is 0.772. The van der Waals surface area contributed by atoms with E-state index in [4.69, 9.17) is 0 Å². The highest BCUT2D eigenvalue weighted by atomic mass is 16.2. The highest BCUT2D eigenvalue weighted by molar-refractivity contribution is 5.73. The highest BCUT2D eigenvalue weighted by Gasteiger charge is 1.97. The van der Waals surface area contributed by atoms with Gasteiger partial charge in [0.05, 0.1) is 0 Å². The lowest BCUT2D eigenvalue weighted by Crippen LogP contribution is -2.30. The summed E-state index contributed by atoms with van der Waals surface area (Å²) in [7, 11) is 7.61. The van der Waals surface area contributed by atoms with Crippen LogP contribution in [0.2, 0.25) is 0 Å². The fraction of sp³-hybridized carbons (Fsp3) is 0.889. The van der Waals surface area contributed by atoms with E-state index in [-0.39, 0.29) is 11.8 Å². The Bertz CT molecular complexity index is 235. The first-order valence-electron chi connectivity index (χ1n) is 9.06. The van der Waals surface area contributed by atoms with Gasteiger partial charge < -0.3 is 20.4 Å². The number of likely N-dealkylation sites (N-methyl/N-ethyl adjacent to an activating group) is 3. The smallest absolute Gasteiger partial charge is 0.219 e. The van der Waals surface area contributed by atoms with Gasteiger partial charge in [0.1, 0.15) is 0 Å². The van der Waals surface area contributed by atoms with E-state index < -0.39 is 0 Å². The van der Waals surface area contributed by atoms with Gasteiger partial charge in [0.15, 0.2) is 0 Å². The molecule has 0 rings (SSSR count). The third-order valence-electron chi connectivity index (χ3n) is 2.17. The molecule has 0 bridgehead atoms. The van der Waals surface area contributed by atoms with Gasteiger partial charge in [0, 0.05) is 47.1 Å². The summed E-state index contributed by atoms with van der Waals surface area (Å²) in [6.07, 6.45) is 0. The lowest BCUT2D eigenvalue weighted by atomic mass is 10.5. The zero-order valence-corrected chi connectivity index (χ0v) is 18.5. The topological polar surface area (TPSA) is 64.7 Å². The summed E-state index contributed by atoms with van der Waals surface area (Å²) in [6.45, 7) is 18.4. The molecular weight excluding hydrogens is 304 g/mol. The van der Waals surface area contributed by atoms with Gasteiger partial charge in [0.25, 0.3) is 0 Å². The van der Waals surface area contributed by atoms with Crippen LogP contribution in [0.5, 0.6) is 0 Å². The number of nitrogens with zero attached hydrogens (tertiary/aromatic N) is 2. The molecule has 150 valence electrons. The van der Waals surface area contributed by atoms with Crippen LogP contribution >= 0.6 is 0 Å². The predicted octanol–water partition coefficient (Wildman–Crippen LogP) is 2.45. The fourth-order valence-corrected chi connectivity index (χ4v) is 0.892. The molecule has 6 nitrogen and oxygen atoms in total. The maximum absolute atomic E-state index is 10.5. The summed E-state index contributed by atoms with van der Waals surface area (Å²) < 4.78 is 0. The molecule has 2 N–H and O–H groups in total. The minimum atomic E-state index is 0.0388. The third-order valence-corrected chi connectivity index (χ3v) is 2.17. The van der Waals surface area contributed by atoms with Crippen molar-refractivity contribution in [1.29, 1.82) is 0 Å². The summed E-state index contributed by atoms with van der Waals surface area (Å²) in [6, 6.07) is 0. The van der Waals surface area contributed by atoms with Crippen LogP contribution in [0, 0.1) is 0 Å². The van der Waals surface area contributed by atoms with E-state index in [9.17, 15) is 9.59 Å². The van der Waals surface area contributed by atoms with Crippen molar-refractivity contribution in [3.63, 3.8) is 0 Å². The maximum atomic E-state index is 10.5. The Kier molecular flexibility index (Phi) is 47.7. The van der Waals surface area contributed by atoms with Crippen molar-refractivity contribution in [3.05, 3.63) is 0 Å². The van der Waals surface area contributed by atoms with Crippen LogP contribution in [-0.4, -0.2) is 76.0 Å². The van der Waals surface area contributed by atoms with Crippen molar-refractivity contribution < 1.29 is 9.59 Å². The summed E-state index contributed by atoms with van der Waals surface area (Å²) in [5.74, 6) is 0.155. The molecule has 0 fully saturated rings. The number of hydrogen-bond donors (Lipinski definition) is 2. The van der Waals surface area contributed by atoms with E-state index in [2.05, 4.69) is 10.6 Å². The Morgan fingerprint density at radius 3 is 1.46 bits per heavy atom. The summed E-state index contributed by atoms with van der Waals surface area (Å²) in [4.78, 5) is 24.5. The highest BCUT2D eigenvalue weighted by Crippen LogP contribution is 1.79. The zero-order valence-electron chi connectivity index (χ0n) is 18.5. The van der Waals surface area contributed by atoms with Gasteiger partial charge in [0.2, 0.25) is 11.8 Å². The van der Waals surface area contributed by atoms with Crippen LogP contribution in [-0.2, 0) is 9.59 Å². The Morgan fingerprint density at radius 1 is 0.792 bits per heavy atom. The summed E-state index contributed by atoms with van der Waals surface area (Å²) in [5, 5.41) is 5.66. The standard InChI is InChI=1S/2C6H14N2O.3C2H6/c1-6(9)7-4-5-8(2)3;1-6(9)8(3)5-4-7-2;3*1-2/h4-5H2,1-3H3,(H,7,9);7H,4-5H2,1-3H3;3*1-2H3. The predicted molar refractivity (Wildman–Crippen MR) is 109 cm³/mol. The average Bonchev–Trinajstić information content (AvgIpc) is 2.58. The molecule has 0 aromatic rings. The van der Waals surface area contributed by atoms with E-state index in [1.54, 1.807) is 18.9 Å². The first-order chi connectivity index (χ1) is 11.3. The number of hydrogen-bond acceptors (Lipinski definition) is 4. The second-order valence-corrected chi connectivity index (χ2v) is 4.33. The monoisotopic (exact) mass is 350 g/mol. The van der Waals surface area contributed by atoms with Crippen molar-refractivity contribution in [2.45, 2.75) is 55.4 Å². The Hall–Kier alpha value is -1.14. The second-order valence-electron chi connectivity index (χ2n) is 4.33. The average molecular weight is 351 g/mol. The van der Waals surface area contributed by atoms with E-state index >= 15 is 0 Å². The number of amides is 2. The van der Waals surface area contributed by atoms with Gasteiger partial charge in [-0.1, -0.05) is 41.5 Å². The van der Waals surface area contributed by atoms with Crippen molar-refractivity contribution in [3.8, 4) is 0 Å². The van der Waals surface area contributed by atoms with Crippen molar-refractivity contribution >= 4 is 11.8 Å². The first-order valence-corrected chi connectivity index (χ1v) is 9.06. The molecule has 0 saturated heterocycles. The molecule has 0 aromatic carbocycles. The fourth-order valence-electron chi connectivity index (χ4n) is 0.892. The molecule has 0 saturated carbocycles. The summed E-state index contributed by atoms with van der Waals surface area (Å²) >= 11 is 0. The van der Waals surface area contributed by atoms with Crippen LogP contribution in [0.3, 0.4) is 0 Å². The molecular formula is C18H46N4O2. The molecule has 0 spiro atoms. The molecule has 24 heavy (non-hydrogen) atoms. The van der Waals surface area contributed by atoms with Gasteiger partial charge in [-0.3, -0.25) is 9.59 Å². The van der Waals surface area contributed by atoms with Crippen LogP contribution in [0.25, 0.3) is 0 Å². The van der Waals surface area contributed by atoms with Gasteiger partial charge >= 0.3 is 0 Å². The van der Waals surface area contributed by atoms with Gasteiger partial charge in [-0.25, -0.2) is 0 Å². The molecule has 0 aliphatic rings. The van der Waals surface area contributed by atoms with Crippen molar-refractivity contribution in [2.75, 3.05) is 54.4 Å². The normalized spacial score (nSPS) is 7.88. The molecule has 0 aliphatic heterocycles. The lowest BCUT2D eigenvalue weighted by molar-refractivity contribution is -0.127.